The van der Waals surface area contributed by atoms with Gasteiger partial charge in [-0.05, 0) is 30.0 Å². The lowest BCUT2D eigenvalue weighted by Crippen LogP contribution is -2.10. The summed E-state index contributed by atoms with van der Waals surface area (Å²) in [7, 11) is 0. The maximum Gasteiger partial charge on any atom is 0.162 e. The lowest BCUT2D eigenvalue weighted by molar-refractivity contribution is 0.596. The van der Waals surface area contributed by atoms with Crippen molar-refractivity contribution in [3.63, 3.8) is 0 Å². The summed E-state index contributed by atoms with van der Waals surface area (Å²) < 4.78 is 2.12. The molecule has 1 unspecified atom stereocenters. The van der Waals surface area contributed by atoms with Crippen LogP contribution in [0, 0.1) is 0 Å². The number of benzene rings is 2. The molecule has 1 atom stereocenters. The molecule has 2 heterocycles. The highest BCUT2D eigenvalue weighted by atomic mass is 35.5. The highest BCUT2D eigenvalue weighted by Crippen LogP contribution is 2.34. The molecule has 0 spiro atoms. The summed E-state index contributed by atoms with van der Waals surface area (Å²) >= 11 is 6.22. The zero-order chi connectivity index (χ0) is 19.7. The van der Waals surface area contributed by atoms with Crippen molar-refractivity contribution < 1.29 is 0 Å². The van der Waals surface area contributed by atoms with E-state index in [-0.39, 0.29) is 6.04 Å². The monoisotopic (exact) mass is 392 g/mol. The van der Waals surface area contributed by atoms with Gasteiger partial charge in [-0.15, -0.1) is 21.8 Å². The molecular weight excluding hydrogens is 368 g/mol. The number of aliphatic imine (C=N–C) groups is 1. The first-order valence-corrected chi connectivity index (χ1v) is 10.5. The van der Waals surface area contributed by atoms with E-state index in [1.807, 2.05) is 6.07 Å². The van der Waals surface area contributed by atoms with Crippen molar-refractivity contribution in [2.24, 2.45) is 4.99 Å². The Hall–Kier alpha value is -2.46. The minimum Gasteiger partial charge on any atom is -0.279 e. The predicted molar refractivity (Wildman–Crippen MR) is 115 cm³/mol. The SMILES string of the molecule is CCCC1N=C(c2ccccc2)c2cc(C(C)C)ccc2-n2c(CCl)nnc21. The van der Waals surface area contributed by atoms with Crippen molar-refractivity contribution in [3.05, 3.63) is 76.9 Å². The van der Waals surface area contributed by atoms with E-state index >= 15 is 0 Å². The van der Waals surface area contributed by atoms with Gasteiger partial charge in [0.05, 0.1) is 17.3 Å². The maximum absolute atomic E-state index is 6.22. The molecule has 0 N–H and O–H groups in total. The number of aromatic nitrogens is 3. The molecule has 1 aromatic heterocycles. The van der Waals surface area contributed by atoms with Crippen molar-refractivity contribution in [1.82, 2.24) is 14.8 Å². The lowest BCUT2D eigenvalue weighted by Gasteiger charge is -2.16. The summed E-state index contributed by atoms with van der Waals surface area (Å²) in [5, 5.41) is 8.85. The molecule has 1 aliphatic heterocycles. The van der Waals surface area contributed by atoms with Crippen LogP contribution >= 0.6 is 11.6 Å². The summed E-state index contributed by atoms with van der Waals surface area (Å²) in [6.45, 7) is 6.61. The van der Waals surface area contributed by atoms with Crippen LogP contribution in [0.4, 0.5) is 0 Å². The quantitative estimate of drug-likeness (QED) is 0.513. The van der Waals surface area contributed by atoms with E-state index in [4.69, 9.17) is 16.6 Å². The Balaban J connectivity index is 2.03. The number of hydrogen-bond donors (Lipinski definition) is 0. The van der Waals surface area contributed by atoms with E-state index in [1.165, 1.54) is 5.56 Å². The second kappa shape index (κ2) is 7.88. The first kappa shape index (κ1) is 18.9. The molecule has 3 aromatic rings. The third-order valence-electron chi connectivity index (χ3n) is 5.25. The summed E-state index contributed by atoms with van der Waals surface area (Å²) in [4.78, 5) is 5.22. The minimum absolute atomic E-state index is 0.0421. The molecule has 0 radical (unpaired) electrons. The van der Waals surface area contributed by atoms with Crippen LogP contribution in [0.1, 0.15) is 73.9 Å². The number of rotatable bonds is 5. The molecule has 0 aliphatic carbocycles. The van der Waals surface area contributed by atoms with Crippen LogP contribution in [-0.4, -0.2) is 20.5 Å². The van der Waals surface area contributed by atoms with Gasteiger partial charge in [0, 0.05) is 11.1 Å². The molecule has 0 fully saturated rings. The number of hydrogen-bond acceptors (Lipinski definition) is 3. The first-order chi connectivity index (χ1) is 13.6. The Bertz CT molecular complexity index is 1000. The van der Waals surface area contributed by atoms with Gasteiger partial charge in [0.1, 0.15) is 6.04 Å². The van der Waals surface area contributed by atoms with Crippen LogP contribution < -0.4 is 0 Å². The zero-order valence-electron chi connectivity index (χ0n) is 16.6. The van der Waals surface area contributed by atoms with Crippen molar-refractivity contribution in [1.29, 1.82) is 0 Å². The first-order valence-electron chi connectivity index (χ1n) is 9.92. The maximum atomic E-state index is 6.22. The lowest BCUT2D eigenvalue weighted by atomic mass is 9.94. The van der Waals surface area contributed by atoms with Gasteiger partial charge in [-0.2, -0.15) is 0 Å². The molecule has 28 heavy (non-hydrogen) atoms. The standard InChI is InChI=1S/C23H25ClN4/c1-4-8-19-23-27-26-21(14-24)28(23)20-12-11-17(15(2)3)13-18(20)22(25-19)16-9-6-5-7-10-16/h5-7,9-13,15,19H,4,8,14H2,1-3H3. The third-order valence-corrected chi connectivity index (χ3v) is 5.49. The highest BCUT2D eigenvalue weighted by molar-refractivity contribution is 6.17. The molecule has 0 saturated heterocycles. The van der Waals surface area contributed by atoms with Crippen LogP contribution in [0.2, 0.25) is 0 Å². The number of nitrogens with zero attached hydrogens (tertiary/aromatic N) is 4. The molecule has 0 bridgehead atoms. The Morgan fingerprint density at radius 2 is 1.86 bits per heavy atom. The summed E-state index contributed by atoms with van der Waals surface area (Å²) in [5.74, 6) is 2.39. The van der Waals surface area contributed by atoms with Crippen LogP contribution in [0.5, 0.6) is 0 Å². The van der Waals surface area contributed by atoms with E-state index < -0.39 is 0 Å². The number of fused-ring (bicyclic) bond motifs is 3. The third kappa shape index (κ3) is 3.26. The molecular formula is C23H25ClN4. The fourth-order valence-corrected chi connectivity index (χ4v) is 3.94. The normalized spacial score (nSPS) is 15.8. The molecule has 1 aliphatic rings. The zero-order valence-corrected chi connectivity index (χ0v) is 17.3. The summed E-state index contributed by atoms with van der Waals surface area (Å²) in [6.07, 6.45) is 1.94. The molecule has 2 aromatic carbocycles. The fourth-order valence-electron chi connectivity index (χ4n) is 3.77. The van der Waals surface area contributed by atoms with Gasteiger partial charge < -0.3 is 0 Å². The van der Waals surface area contributed by atoms with Crippen LogP contribution in [-0.2, 0) is 5.88 Å². The fraction of sp³-hybridized carbons (Fsp3) is 0.348. The Kier molecular flexibility index (Phi) is 5.31. The van der Waals surface area contributed by atoms with Crippen LogP contribution in [0.3, 0.4) is 0 Å². The molecule has 144 valence electrons. The molecule has 4 rings (SSSR count). The smallest absolute Gasteiger partial charge is 0.162 e. The van der Waals surface area contributed by atoms with Gasteiger partial charge in [0.25, 0.3) is 0 Å². The van der Waals surface area contributed by atoms with Crippen molar-refractivity contribution in [2.45, 2.75) is 51.5 Å². The number of alkyl halides is 1. The Morgan fingerprint density at radius 3 is 2.54 bits per heavy atom. The van der Waals surface area contributed by atoms with Gasteiger partial charge in [-0.3, -0.25) is 9.56 Å². The van der Waals surface area contributed by atoms with E-state index in [0.717, 1.165) is 47.0 Å². The van der Waals surface area contributed by atoms with Crippen LogP contribution in [0.15, 0.2) is 53.5 Å². The van der Waals surface area contributed by atoms with E-state index in [1.54, 1.807) is 0 Å². The van der Waals surface area contributed by atoms with E-state index in [9.17, 15) is 0 Å². The van der Waals surface area contributed by atoms with Crippen molar-refractivity contribution in [3.8, 4) is 5.69 Å². The second-order valence-corrected chi connectivity index (χ2v) is 7.79. The molecule has 4 nitrogen and oxygen atoms in total. The average molecular weight is 393 g/mol. The largest absolute Gasteiger partial charge is 0.279 e. The molecule has 5 heteroatoms. The Labute approximate surface area is 171 Å². The number of halogens is 1. The van der Waals surface area contributed by atoms with Gasteiger partial charge in [0.15, 0.2) is 11.6 Å². The minimum atomic E-state index is -0.0421. The topological polar surface area (TPSA) is 43.1 Å². The average Bonchev–Trinajstić information content (AvgIpc) is 3.09. The van der Waals surface area contributed by atoms with E-state index in [2.05, 4.69) is 78.0 Å². The highest BCUT2D eigenvalue weighted by Gasteiger charge is 2.28. The predicted octanol–water partition coefficient (Wildman–Crippen LogP) is 5.82. The van der Waals surface area contributed by atoms with Crippen molar-refractivity contribution >= 4 is 17.3 Å². The van der Waals surface area contributed by atoms with E-state index in [0.29, 0.717) is 11.8 Å². The van der Waals surface area contributed by atoms with Gasteiger partial charge in [-0.25, -0.2) is 0 Å². The van der Waals surface area contributed by atoms with Crippen molar-refractivity contribution in [2.75, 3.05) is 0 Å². The molecule has 0 amide bonds. The van der Waals surface area contributed by atoms with Crippen LogP contribution in [0.25, 0.3) is 5.69 Å². The summed E-state index contributed by atoms with van der Waals surface area (Å²) in [6, 6.07) is 17.0. The second-order valence-electron chi connectivity index (χ2n) is 7.52. The van der Waals surface area contributed by atoms with Gasteiger partial charge in [0.2, 0.25) is 0 Å². The van der Waals surface area contributed by atoms with Gasteiger partial charge >= 0.3 is 0 Å². The Morgan fingerprint density at radius 1 is 1.07 bits per heavy atom. The van der Waals surface area contributed by atoms with Gasteiger partial charge in [-0.1, -0.05) is 63.6 Å². The summed E-state index contributed by atoms with van der Waals surface area (Å²) in [5.41, 5.74) is 5.60. The molecule has 0 saturated carbocycles.